The van der Waals surface area contributed by atoms with E-state index in [1.165, 1.54) is 19.1 Å². The Hall–Kier alpha value is -3.79. The Kier molecular flexibility index (Phi) is 5.55. The molecule has 0 amide bonds. The number of Topliss-reactive ketones (excluding diaryl/α,β-unsaturated/α-hetero) is 1. The van der Waals surface area contributed by atoms with E-state index in [9.17, 15) is 17.6 Å². The van der Waals surface area contributed by atoms with E-state index in [0.717, 1.165) is 22.9 Å². The number of hydrogen-bond acceptors (Lipinski definition) is 7. The van der Waals surface area contributed by atoms with Crippen LogP contribution in [0.25, 0.3) is 16.8 Å². The lowest BCUT2D eigenvalue weighted by Crippen LogP contribution is -2.10. The molecule has 180 valence electrons. The maximum atomic E-state index is 14.6. The minimum atomic E-state index is -3.35. The first-order valence-electron chi connectivity index (χ1n) is 11.0. The quantitative estimate of drug-likeness (QED) is 0.404. The van der Waals surface area contributed by atoms with Crippen LogP contribution in [-0.4, -0.2) is 41.4 Å². The molecule has 0 saturated carbocycles. The van der Waals surface area contributed by atoms with E-state index in [4.69, 9.17) is 4.74 Å². The zero-order valence-electron chi connectivity index (χ0n) is 19.4. The predicted octanol–water partition coefficient (Wildman–Crippen LogP) is 4.00. The number of anilines is 1. The molecule has 0 atom stereocenters. The molecule has 0 fully saturated rings. The smallest absolute Gasteiger partial charge is 0.208 e. The first kappa shape index (κ1) is 23.0. The van der Waals surface area contributed by atoms with Crippen molar-refractivity contribution in [3.05, 3.63) is 70.9 Å². The summed E-state index contributed by atoms with van der Waals surface area (Å²) in [5.74, 6) is 0.543. The zero-order chi connectivity index (χ0) is 24.9. The van der Waals surface area contributed by atoms with Crippen LogP contribution in [0.4, 0.5) is 10.3 Å². The number of halogens is 1. The second kappa shape index (κ2) is 8.46. The van der Waals surface area contributed by atoms with Crippen molar-refractivity contribution in [3.8, 4) is 16.9 Å². The number of imidazole rings is 1. The van der Waals surface area contributed by atoms with Crippen molar-refractivity contribution in [2.45, 2.75) is 31.7 Å². The predicted molar refractivity (Wildman–Crippen MR) is 129 cm³/mol. The Morgan fingerprint density at radius 1 is 1.23 bits per heavy atom. The summed E-state index contributed by atoms with van der Waals surface area (Å²) >= 11 is 0. The number of sulfone groups is 1. The third-order valence-corrected chi connectivity index (χ3v) is 7.24. The Balaban J connectivity index is 1.58. The van der Waals surface area contributed by atoms with Crippen molar-refractivity contribution in [1.82, 2.24) is 14.4 Å². The van der Waals surface area contributed by atoms with Crippen LogP contribution in [0.15, 0.2) is 47.6 Å². The van der Waals surface area contributed by atoms with Crippen LogP contribution in [0.2, 0.25) is 0 Å². The van der Waals surface area contributed by atoms with Crippen molar-refractivity contribution < 1.29 is 22.3 Å². The van der Waals surface area contributed by atoms with E-state index >= 15 is 0 Å². The number of rotatable bonds is 6. The second-order valence-corrected chi connectivity index (χ2v) is 10.6. The van der Waals surface area contributed by atoms with Crippen LogP contribution in [0.5, 0.6) is 5.75 Å². The molecule has 2 aromatic heterocycles. The maximum Gasteiger partial charge on any atom is 0.208 e. The van der Waals surface area contributed by atoms with Crippen LogP contribution < -0.4 is 10.1 Å². The number of hydrogen-bond donors (Lipinski definition) is 1. The fourth-order valence-electron chi connectivity index (χ4n) is 4.31. The van der Waals surface area contributed by atoms with Gasteiger partial charge in [0.15, 0.2) is 15.6 Å². The molecule has 10 heteroatoms. The molecule has 1 aliphatic rings. The average Bonchev–Trinajstić information content (AvgIpc) is 3.46. The molecule has 0 radical (unpaired) electrons. The molecule has 1 aliphatic heterocycles. The van der Waals surface area contributed by atoms with E-state index < -0.39 is 9.84 Å². The van der Waals surface area contributed by atoms with Crippen LogP contribution in [0.3, 0.4) is 0 Å². The molecule has 35 heavy (non-hydrogen) atoms. The minimum Gasteiger partial charge on any atom is -0.493 e. The van der Waals surface area contributed by atoms with Gasteiger partial charge in [-0.15, -0.1) is 0 Å². The standard InChI is InChI=1S/C25H23FN4O4S/c1-14-10-16(35(3,32)33)4-5-17(14)20-12-28-25(30-13-22(15(2)31)29-24(20)30)27-11-19-18-8-9-34-23(18)7-6-21(19)26/h4-7,10,12-13H,8-9,11H2,1-3H3,(H,27,28). The second-order valence-electron chi connectivity index (χ2n) is 8.57. The Morgan fingerprint density at radius 3 is 2.74 bits per heavy atom. The van der Waals surface area contributed by atoms with Gasteiger partial charge in [-0.1, -0.05) is 6.07 Å². The lowest BCUT2D eigenvalue weighted by atomic mass is 10.0. The van der Waals surface area contributed by atoms with Crippen LogP contribution in [-0.2, 0) is 22.8 Å². The topological polar surface area (TPSA) is 103 Å². The molecular weight excluding hydrogens is 471 g/mol. The molecule has 0 unspecified atom stereocenters. The summed E-state index contributed by atoms with van der Waals surface area (Å²) in [6, 6.07) is 7.87. The normalized spacial score (nSPS) is 13.0. The fourth-order valence-corrected chi connectivity index (χ4v) is 5.02. The summed E-state index contributed by atoms with van der Waals surface area (Å²) in [4.78, 5) is 21.4. The lowest BCUT2D eigenvalue weighted by molar-refractivity contribution is 0.101. The van der Waals surface area contributed by atoms with Gasteiger partial charge in [0.05, 0.1) is 11.5 Å². The van der Waals surface area contributed by atoms with Crippen molar-refractivity contribution in [2.75, 3.05) is 18.2 Å². The number of aryl methyl sites for hydroxylation is 1. The monoisotopic (exact) mass is 494 g/mol. The number of benzene rings is 2. The van der Waals surface area contributed by atoms with Gasteiger partial charge < -0.3 is 10.1 Å². The SMILES string of the molecule is CC(=O)c1cn2c(NCc3c(F)ccc4c3CCO4)ncc(-c3ccc(S(C)(=O)=O)cc3C)c2n1. The van der Waals surface area contributed by atoms with E-state index in [2.05, 4.69) is 15.3 Å². The summed E-state index contributed by atoms with van der Waals surface area (Å²) in [6.07, 6.45) is 5.00. The first-order valence-corrected chi connectivity index (χ1v) is 12.9. The average molecular weight is 495 g/mol. The van der Waals surface area contributed by atoms with E-state index in [0.29, 0.717) is 41.5 Å². The molecule has 0 saturated heterocycles. The molecule has 0 aliphatic carbocycles. The number of ether oxygens (including phenoxy) is 1. The molecule has 0 spiro atoms. The lowest BCUT2D eigenvalue weighted by Gasteiger charge is -2.14. The third kappa shape index (κ3) is 4.14. The number of carbonyl (C=O) groups is 1. The molecule has 5 rings (SSSR count). The van der Waals surface area contributed by atoms with Gasteiger partial charge >= 0.3 is 0 Å². The van der Waals surface area contributed by atoms with Gasteiger partial charge in [-0.25, -0.2) is 22.8 Å². The highest BCUT2D eigenvalue weighted by Crippen LogP contribution is 2.32. The van der Waals surface area contributed by atoms with Gasteiger partial charge in [0, 0.05) is 55.2 Å². The highest BCUT2D eigenvalue weighted by atomic mass is 32.2. The van der Waals surface area contributed by atoms with Crippen molar-refractivity contribution >= 4 is 27.2 Å². The Morgan fingerprint density at radius 2 is 2.03 bits per heavy atom. The van der Waals surface area contributed by atoms with E-state index in [1.807, 2.05) is 6.92 Å². The Labute approximate surface area is 201 Å². The summed E-state index contributed by atoms with van der Waals surface area (Å²) < 4.78 is 45.7. The van der Waals surface area contributed by atoms with Crippen molar-refractivity contribution in [1.29, 1.82) is 0 Å². The van der Waals surface area contributed by atoms with Gasteiger partial charge in [-0.05, 0) is 42.3 Å². The number of nitrogens with zero attached hydrogens (tertiary/aromatic N) is 3. The van der Waals surface area contributed by atoms with Gasteiger partial charge in [-0.2, -0.15) is 0 Å². The number of fused-ring (bicyclic) bond motifs is 2. The number of carbonyl (C=O) groups excluding carboxylic acids is 1. The van der Waals surface area contributed by atoms with E-state index in [-0.39, 0.29) is 28.7 Å². The molecule has 2 aromatic carbocycles. The summed E-state index contributed by atoms with van der Waals surface area (Å²) in [5.41, 5.74) is 4.19. The summed E-state index contributed by atoms with van der Waals surface area (Å²) in [6.45, 7) is 3.93. The fraction of sp³-hybridized carbons (Fsp3) is 0.240. The van der Waals surface area contributed by atoms with Gasteiger partial charge in [-0.3, -0.25) is 9.20 Å². The molecule has 0 bridgehead atoms. The van der Waals surface area contributed by atoms with Crippen molar-refractivity contribution in [2.24, 2.45) is 0 Å². The largest absolute Gasteiger partial charge is 0.493 e. The molecule has 3 heterocycles. The zero-order valence-corrected chi connectivity index (χ0v) is 20.2. The highest BCUT2D eigenvalue weighted by molar-refractivity contribution is 7.90. The van der Waals surface area contributed by atoms with Crippen molar-refractivity contribution in [3.63, 3.8) is 0 Å². The number of nitrogens with one attached hydrogen (secondary N) is 1. The minimum absolute atomic E-state index is 0.176. The summed E-state index contributed by atoms with van der Waals surface area (Å²) in [5, 5.41) is 3.17. The van der Waals surface area contributed by atoms with Gasteiger partial charge in [0.1, 0.15) is 22.9 Å². The molecule has 1 N–H and O–H groups in total. The molecule has 4 aromatic rings. The highest BCUT2D eigenvalue weighted by Gasteiger charge is 2.21. The van der Waals surface area contributed by atoms with Crippen LogP contribution in [0.1, 0.15) is 34.1 Å². The van der Waals surface area contributed by atoms with Crippen LogP contribution >= 0.6 is 0 Å². The van der Waals surface area contributed by atoms with Gasteiger partial charge in [0.2, 0.25) is 5.95 Å². The van der Waals surface area contributed by atoms with Crippen LogP contribution in [0, 0.1) is 12.7 Å². The Bertz CT molecular complexity index is 1610. The summed E-state index contributed by atoms with van der Waals surface area (Å²) in [7, 11) is -3.35. The molecular formula is C25H23FN4O4S. The number of ketones is 1. The third-order valence-electron chi connectivity index (χ3n) is 6.13. The molecule has 8 nitrogen and oxygen atoms in total. The van der Waals surface area contributed by atoms with Gasteiger partial charge in [0.25, 0.3) is 0 Å². The van der Waals surface area contributed by atoms with E-state index in [1.54, 1.807) is 35.0 Å². The first-order chi connectivity index (χ1) is 16.6. The number of aromatic nitrogens is 3. The maximum absolute atomic E-state index is 14.6.